The molecular formula is C14H15ClN2OS. The number of nitrogens with zero attached hydrogens (tertiary/aromatic N) is 1. The van der Waals surface area contributed by atoms with Gasteiger partial charge in [-0.05, 0) is 29.3 Å². The highest BCUT2D eigenvalue weighted by molar-refractivity contribution is 7.83. The molecule has 2 N–H and O–H groups in total. The Morgan fingerprint density at radius 1 is 1.21 bits per heavy atom. The number of nitrogens with two attached hydrogens (primary N) is 1. The Bertz CT molecular complexity index is 589. The molecule has 0 aliphatic rings. The fourth-order valence-corrected chi connectivity index (χ4v) is 3.29. The molecule has 0 spiro atoms. The second kappa shape index (κ2) is 6.80. The first kappa shape index (κ1) is 14.2. The maximum absolute atomic E-state index is 12.1. The van der Waals surface area contributed by atoms with Gasteiger partial charge >= 0.3 is 0 Å². The normalized spacial score (nSPS) is 12.3. The summed E-state index contributed by atoms with van der Waals surface area (Å²) in [5.41, 5.74) is 8.25. The molecule has 0 aliphatic carbocycles. The average Bonchev–Trinajstić information content (AvgIpc) is 2.41. The molecule has 0 amide bonds. The van der Waals surface area contributed by atoms with Crippen LogP contribution in [-0.2, 0) is 28.9 Å². The van der Waals surface area contributed by atoms with Crippen molar-refractivity contribution in [2.24, 2.45) is 5.73 Å². The number of hydrogen-bond acceptors (Lipinski definition) is 3. The van der Waals surface area contributed by atoms with Gasteiger partial charge in [0.1, 0.15) is 0 Å². The zero-order valence-electron chi connectivity index (χ0n) is 10.4. The van der Waals surface area contributed by atoms with Crippen molar-refractivity contribution in [1.82, 2.24) is 4.98 Å². The van der Waals surface area contributed by atoms with Gasteiger partial charge in [0.25, 0.3) is 0 Å². The van der Waals surface area contributed by atoms with Crippen molar-refractivity contribution in [2.45, 2.75) is 18.1 Å². The molecule has 19 heavy (non-hydrogen) atoms. The summed E-state index contributed by atoms with van der Waals surface area (Å²) in [6.07, 6.45) is 1.70. The van der Waals surface area contributed by atoms with Crippen molar-refractivity contribution in [3.63, 3.8) is 0 Å². The standard InChI is InChI=1S/C14H15ClN2OS/c15-14-4-2-1-3-12(14)10-19(18)9-11-5-6-17-13(7-11)8-16/h1-7H,8-10,16H2. The topological polar surface area (TPSA) is 56.0 Å². The lowest BCUT2D eigenvalue weighted by atomic mass is 10.2. The number of hydrogen-bond donors (Lipinski definition) is 1. The Morgan fingerprint density at radius 2 is 2.00 bits per heavy atom. The molecule has 2 aromatic rings. The monoisotopic (exact) mass is 294 g/mol. The maximum Gasteiger partial charge on any atom is 0.0542 e. The van der Waals surface area contributed by atoms with Crippen LogP contribution in [0.25, 0.3) is 0 Å². The molecular weight excluding hydrogens is 280 g/mol. The van der Waals surface area contributed by atoms with E-state index in [9.17, 15) is 4.21 Å². The van der Waals surface area contributed by atoms with Crippen LogP contribution in [0.1, 0.15) is 16.8 Å². The van der Waals surface area contributed by atoms with Crippen LogP contribution < -0.4 is 5.73 Å². The molecule has 0 saturated heterocycles. The van der Waals surface area contributed by atoms with E-state index >= 15 is 0 Å². The zero-order valence-corrected chi connectivity index (χ0v) is 12.0. The minimum atomic E-state index is -0.996. The quantitative estimate of drug-likeness (QED) is 0.922. The number of aromatic nitrogens is 1. The fourth-order valence-electron chi connectivity index (χ4n) is 1.76. The zero-order chi connectivity index (χ0) is 13.7. The molecule has 3 nitrogen and oxygen atoms in total. The smallest absolute Gasteiger partial charge is 0.0542 e. The Labute approximate surface area is 120 Å². The van der Waals surface area contributed by atoms with Crippen LogP contribution >= 0.6 is 11.6 Å². The van der Waals surface area contributed by atoms with E-state index in [1.807, 2.05) is 36.4 Å². The summed E-state index contributed by atoms with van der Waals surface area (Å²) in [6.45, 7) is 0.394. The van der Waals surface area contributed by atoms with E-state index in [-0.39, 0.29) is 0 Å². The van der Waals surface area contributed by atoms with Gasteiger partial charge < -0.3 is 5.73 Å². The van der Waals surface area contributed by atoms with Gasteiger partial charge in [0.05, 0.1) is 11.4 Å². The molecule has 0 bridgehead atoms. The Hall–Kier alpha value is -1.23. The first-order chi connectivity index (χ1) is 9.19. The highest BCUT2D eigenvalue weighted by Gasteiger charge is 2.07. The minimum absolute atomic E-state index is 0.394. The third-order valence-corrected chi connectivity index (χ3v) is 4.35. The van der Waals surface area contributed by atoms with E-state index in [2.05, 4.69) is 4.98 Å². The Kier molecular flexibility index (Phi) is 5.07. The van der Waals surface area contributed by atoms with Crippen LogP contribution in [0.5, 0.6) is 0 Å². The molecule has 1 aromatic carbocycles. The summed E-state index contributed by atoms with van der Waals surface area (Å²) in [7, 11) is -0.996. The summed E-state index contributed by atoms with van der Waals surface area (Å²) >= 11 is 6.06. The van der Waals surface area contributed by atoms with Crippen molar-refractivity contribution >= 4 is 22.4 Å². The Balaban J connectivity index is 2.03. The molecule has 1 unspecified atom stereocenters. The molecule has 0 saturated carbocycles. The molecule has 100 valence electrons. The van der Waals surface area contributed by atoms with Gasteiger partial charge in [0.15, 0.2) is 0 Å². The third-order valence-electron chi connectivity index (χ3n) is 2.69. The van der Waals surface area contributed by atoms with Gasteiger partial charge in [0.2, 0.25) is 0 Å². The second-order valence-electron chi connectivity index (χ2n) is 4.18. The maximum atomic E-state index is 12.1. The molecule has 0 aliphatic heterocycles. The summed E-state index contributed by atoms with van der Waals surface area (Å²) in [5.74, 6) is 0.945. The number of benzene rings is 1. The summed E-state index contributed by atoms with van der Waals surface area (Å²) < 4.78 is 12.1. The summed E-state index contributed by atoms with van der Waals surface area (Å²) in [4.78, 5) is 4.12. The second-order valence-corrected chi connectivity index (χ2v) is 6.04. The van der Waals surface area contributed by atoms with Crippen LogP contribution in [-0.4, -0.2) is 9.19 Å². The number of halogens is 1. The van der Waals surface area contributed by atoms with E-state index in [0.717, 1.165) is 16.8 Å². The van der Waals surface area contributed by atoms with E-state index in [4.69, 9.17) is 17.3 Å². The van der Waals surface area contributed by atoms with Crippen molar-refractivity contribution in [1.29, 1.82) is 0 Å². The predicted octanol–water partition coefficient (Wildman–Crippen LogP) is 2.64. The van der Waals surface area contributed by atoms with Crippen LogP contribution in [0.3, 0.4) is 0 Å². The summed E-state index contributed by atoms with van der Waals surface area (Å²) in [6, 6.07) is 11.2. The first-order valence-electron chi connectivity index (χ1n) is 5.91. The van der Waals surface area contributed by atoms with Crippen molar-refractivity contribution < 1.29 is 4.21 Å². The van der Waals surface area contributed by atoms with Gasteiger partial charge in [0, 0.05) is 34.3 Å². The van der Waals surface area contributed by atoms with Crippen molar-refractivity contribution in [3.8, 4) is 0 Å². The molecule has 0 fully saturated rings. The van der Waals surface area contributed by atoms with Crippen LogP contribution in [0.15, 0.2) is 42.6 Å². The number of rotatable bonds is 5. The van der Waals surface area contributed by atoms with Gasteiger partial charge in [-0.2, -0.15) is 0 Å². The lowest BCUT2D eigenvalue weighted by Crippen LogP contribution is -2.03. The first-order valence-corrected chi connectivity index (χ1v) is 7.78. The van der Waals surface area contributed by atoms with Gasteiger partial charge in [-0.3, -0.25) is 9.19 Å². The van der Waals surface area contributed by atoms with E-state index in [0.29, 0.717) is 23.1 Å². The lowest BCUT2D eigenvalue weighted by molar-refractivity contribution is 0.682. The van der Waals surface area contributed by atoms with Gasteiger partial charge in [-0.25, -0.2) is 0 Å². The molecule has 1 heterocycles. The SMILES string of the molecule is NCc1cc(CS(=O)Cc2ccccc2Cl)ccn1. The van der Waals surface area contributed by atoms with Crippen molar-refractivity contribution in [2.75, 3.05) is 0 Å². The van der Waals surface area contributed by atoms with Crippen LogP contribution in [0.4, 0.5) is 0 Å². The minimum Gasteiger partial charge on any atom is -0.325 e. The van der Waals surface area contributed by atoms with Gasteiger partial charge in [-0.1, -0.05) is 29.8 Å². The van der Waals surface area contributed by atoms with Crippen LogP contribution in [0.2, 0.25) is 5.02 Å². The van der Waals surface area contributed by atoms with Gasteiger partial charge in [-0.15, -0.1) is 0 Å². The Morgan fingerprint density at radius 3 is 2.74 bits per heavy atom. The molecule has 0 radical (unpaired) electrons. The highest BCUT2D eigenvalue weighted by Crippen LogP contribution is 2.18. The average molecular weight is 295 g/mol. The largest absolute Gasteiger partial charge is 0.325 e. The number of pyridine rings is 1. The molecule has 2 rings (SSSR count). The molecule has 5 heteroatoms. The van der Waals surface area contributed by atoms with Crippen LogP contribution in [0, 0.1) is 0 Å². The molecule has 1 atom stereocenters. The van der Waals surface area contributed by atoms with E-state index in [1.165, 1.54) is 0 Å². The lowest BCUT2D eigenvalue weighted by Gasteiger charge is -2.05. The third kappa shape index (κ3) is 4.13. The predicted molar refractivity (Wildman–Crippen MR) is 79.1 cm³/mol. The summed E-state index contributed by atoms with van der Waals surface area (Å²) in [5, 5.41) is 0.660. The van der Waals surface area contributed by atoms with E-state index in [1.54, 1.807) is 6.20 Å². The van der Waals surface area contributed by atoms with Crippen molar-refractivity contribution in [3.05, 3.63) is 64.4 Å². The van der Waals surface area contributed by atoms with E-state index < -0.39 is 10.8 Å². The fraction of sp³-hybridized carbons (Fsp3) is 0.214. The molecule has 1 aromatic heterocycles. The highest BCUT2D eigenvalue weighted by atomic mass is 35.5.